The predicted molar refractivity (Wildman–Crippen MR) is 93.3 cm³/mol. The molecule has 0 saturated carbocycles. The Morgan fingerprint density at radius 3 is 2.32 bits per heavy atom. The Morgan fingerprint density at radius 1 is 1.05 bits per heavy atom. The molecule has 1 aromatic heterocycles. The zero-order valence-electron chi connectivity index (χ0n) is 13.7. The molecule has 1 heterocycles. The second kappa shape index (κ2) is 5.48. The third-order valence-electron chi connectivity index (χ3n) is 4.23. The van der Waals surface area contributed by atoms with Crippen molar-refractivity contribution in [2.24, 2.45) is 0 Å². The summed E-state index contributed by atoms with van der Waals surface area (Å²) in [6, 6.07) is 12.5. The van der Waals surface area contributed by atoms with E-state index in [2.05, 4.69) is 56.5 Å². The van der Waals surface area contributed by atoms with Crippen molar-refractivity contribution in [3.8, 4) is 0 Å². The lowest BCUT2D eigenvalue weighted by molar-refractivity contribution is 0.683. The third kappa shape index (κ3) is 2.59. The minimum absolute atomic E-state index is 0.391. The van der Waals surface area contributed by atoms with Gasteiger partial charge in [-0.2, -0.15) is 0 Å². The second-order valence-corrected chi connectivity index (χ2v) is 6.38. The van der Waals surface area contributed by atoms with E-state index in [0.717, 1.165) is 23.6 Å². The van der Waals surface area contributed by atoms with Crippen LogP contribution in [0.3, 0.4) is 0 Å². The fourth-order valence-corrected chi connectivity index (χ4v) is 2.81. The lowest BCUT2D eigenvalue weighted by Gasteiger charge is -2.12. The highest BCUT2D eigenvalue weighted by atomic mass is 15.1. The monoisotopic (exact) mass is 293 g/mol. The average Bonchev–Trinajstić information content (AvgIpc) is 2.80. The summed E-state index contributed by atoms with van der Waals surface area (Å²) in [7, 11) is 0. The molecule has 0 aliphatic carbocycles. The van der Waals surface area contributed by atoms with Crippen LogP contribution in [0.15, 0.2) is 36.4 Å². The van der Waals surface area contributed by atoms with Gasteiger partial charge in [0.05, 0.1) is 11.0 Å². The Kier molecular flexibility index (Phi) is 3.65. The van der Waals surface area contributed by atoms with Crippen LogP contribution in [0.1, 0.15) is 42.3 Å². The van der Waals surface area contributed by atoms with E-state index in [1.54, 1.807) is 0 Å². The van der Waals surface area contributed by atoms with Crippen LogP contribution < -0.4 is 5.73 Å². The molecule has 0 fully saturated rings. The first-order valence-corrected chi connectivity index (χ1v) is 7.77. The van der Waals surface area contributed by atoms with Gasteiger partial charge in [-0.25, -0.2) is 4.98 Å². The zero-order chi connectivity index (χ0) is 15.9. The number of nitrogens with two attached hydrogens (primary N) is 1. The highest BCUT2D eigenvalue weighted by Gasteiger charge is 2.15. The summed E-state index contributed by atoms with van der Waals surface area (Å²) >= 11 is 0. The van der Waals surface area contributed by atoms with E-state index in [1.807, 2.05) is 12.1 Å². The van der Waals surface area contributed by atoms with Crippen LogP contribution in [0.5, 0.6) is 0 Å². The molecule has 0 atom stereocenters. The van der Waals surface area contributed by atoms with Gasteiger partial charge in [-0.15, -0.1) is 0 Å². The van der Waals surface area contributed by atoms with Gasteiger partial charge in [0.25, 0.3) is 0 Å². The minimum atomic E-state index is 0.391. The SMILES string of the molecule is Cc1cc2nc(C(C)C)n(Cc3ccc(N)cc3)c2cc1C. The van der Waals surface area contributed by atoms with Crippen LogP contribution >= 0.6 is 0 Å². The smallest absolute Gasteiger partial charge is 0.112 e. The molecule has 0 bridgehead atoms. The third-order valence-corrected chi connectivity index (χ3v) is 4.23. The largest absolute Gasteiger partial charge is 0.399 e. The van der Waals surface area contributed by atoms with Crippen LogP contribution in [0, 0.1) is 13.8 Å². The van der Waals surface area contributed by atoms with Gasteiger partial charge in [0, 0.05) is 18.2 Å². The van der Waals surface area contributed by atoms with Gasteiger partial charge in [0.1, 0.15) is 5.82 Å². The highest BCUT2D eigenvalue weighted by Crippen LogP contribution is 2.25. The Bertz CT molecular complexity index is 811. The molecule has 2 N–H and O–H groups in total. The molecule has 3 nitrogen and oxygen atoms in total. The first-order chi connectivity index (χ1) is 10.5. The quantitative estimate of drug-likeness (QED) is 0.727. The lowest BCUT2D eigenvalue weighted by atomic mass is 10.1. The first-order valence-electron chi connectivity index (χ1n) is 7.77. The number of aromatic nitrogens is 2. The lowest BCUT2D eigenvalue weighted by Crippen LogP contribution is -2.06. The molecule has 0 saturated heterocycles. The number of nitrogens with zero attached hydrogens (tertiary/aromatic N) is 2. The van der Waals surface area contributed by atoms with Gasteiger partial charge in [0.15, 0.2) is 0 Å². The molecule has 0 aliphatic heterocycles. The van der Waals surface area contributed by atoms with Gasteiger partial charge in [0.2, 0.25) is 0 Å². The Hall–Kier alpha value is -2.29. The number of aryl methyl sites for hydroxylation is 2. The fourth-order valence-electron chi connectivity index (χ4n) is 2.81. The maximum absolute atomic E-state index is 5.79. The number of rotatable bonds is 3. The van der Waals surface area contributed by atoms with Gasteiger partial charge in [-0.1, -0.05) is 26.0 Å². The van der Waals surface area contributed by atoms with E-state index in [9.17, 15) is 0 Å². The van der Waals surface area contributed by atoms with E-state index in [-0.39, 0.29) is 0 Å². The van der Waals surface area contributed by atoms with Crippen molar-refractivity contribution in [2.45, 2.75) is 40.2 Å². The van der Waals surface area contributed by atoms with Crippen LogP contribution in [-0.2, 0) is 6.54 Å². The number of fused-ring (bicyclic) bond motifs is 1. The molecule has 0 amide bonds. The number of hydrogen-bond acceptors (Lipinski definition) is 2. The number of nitrogen functional groups attached to an aromatic ring is 1. The average molecular weight is 293 g/mol. The Balaban J connectivity index is 2.15. The fraction of sp³-hybridized carbons (Fsp3) is 0.316. The number of benzene rings is 2. The summed E-state index contributed by atoms with van der Waals surface area (Å²) in [4.78, 5) is 4.87. The molecule has 3 heteroatoms. The van der Waals surface area contributed by atoms with E-state index >= 15 is 0 Å². The van der Waals surface area contributed by atoms with Gasteiger partial charge in [-0.3, -0.25) is 0 Å². The summed E-state index contributed by atoms with van der Waals surface area (Å²) in [5, 5.41) is 0. The molecule has 3 rings (SSSR count). The van der Waals surface area contributed by atoms with Crippen molar-refractivity contribution in [1.82, 2.24) is 9.55 Å². The van der Waals surface area contributed by atoms with Crippen LogP contribution in [0.2, 0.25) is 0 Å². The van der Waals surface area contributed by atoms with Crippen molar-refractivity contribution in [3.05, 3.63) is 58.9 Å². The normalized spacial score (nSPS) is 11.5. The molecule has 0 radical (unpaired) electrons. The van der Waals surface area contributed by atoms with Gasteiger partial charge in [-0.05, 0) is 54.8 Å². The topological polar surface area (TPSA) is 43.8 Å². The standard InChI is InChI=1S/C19H23N3/c1-12(2)19-21-17-9-13(3)14(4)10-18(17)22(19)11-15-5-7-16(20)8-6-15/h5-10,12H,11,20H2,1-4H3. The molecule has 0 spiro atoms. The molecule has 114 valence electrons. The van der Waals surface area contributed by atoms with Gasteiger partial charge >= 0.3 is 0 Å². The Labute approximate surface area is 131 Å². The molecular formula is C19H23N3. The number of imidazole rings is 1. The van der Waals surface area contributed by atoms with E-state index in [4.69, 9.17) is 10.7 Å². The van der Waals surface area contributed by atoms with Crippen LogP contribution in [-0.4, -0.2) is 9.55 Å². The van der Waals surface area contributed by atoms with Crippen molar-refractivity contribution >= 4 is 16.7 Å². The second-order valence-electron chi connectivity index (χ2n) is 6.38. The molecule has 0 unspecified atom stereocenters. The summed E-state index contributed by atoms with van der Waals surface area (Å²) in [6.07, 6.45) is 0. The summed E-state index contributed by atoms with van der Waals surface area (Å²) in [5.74, 6) is 1.53. The van der Waals surface area contributed by atoms with Crippen molar-refractivity contribution in [1.29, 1.82) is 0 Å². The summed E-state index contributed by atoms with van der Waals surface area (Å²) < 4.78 is 2.33. The van der Waals surface area contributed by atoms with Crippen molar-refractivity contribution < 1.29 is 0 Å². The molecule has 22 heavy (non-hydrogen) atoms. The minimum Gasteiger partial charge on any atom is -0.399 e. The molecular weight excluding hydrogens is 270 g/mol. The summed E-state index contributed by atoms with van der Waals surface area (Å²) in [6.45, 7) is 9.51. The molecule has 2 aromatic carbocycles. The van der Waals surface area contributed by atoms with Crippen molar-refractivity contribution in [3.63, 3.8) is 0 Å². The maximum atomic E-state index is 5.79. The zero-order valence-corrected chi connectivity index (χ0v) is 13.7. The highest BCUT2D eigenvalue weighted by molar-refractivity contribution is 5.78. The molecule has 3 aromatic rings. The Morgan fingerprint density at radius 2 is 1.68 bits per heavy atom. The van der Waals surface area contributed by atoms with E-state index in [0.29, 0.717) is 5.92 Å². The predicted octanol–water partition coefficient (Wildman–Crippen LogP) is 4.41. The number of anilines is 1. The van der Waals surface area contributed by atoms with Crippen molar-refractivity contribution in [2.75, 3.05) is 5.73 Å². The maximum Gasteiger partial charge on any atom is 0.112 e. The number of hydrogen-bond donors (Lipinski definition) is 1. The first kappa shape index (κ1) is 14.6. The van der Waals surface area contributed by atoms with E-state index < -0.39 is 0 Å². The van der Waals surface area contributed by atoms with Crippen LogP contribution in [0.4, 0.5) is 5.69 Å². The van der Waals surface area contributed by atoms with E-state index in [1.165, 1.54) is 22.2 Å². The van der Waals surface area contributed by atoms with Crippen LogP contribution in [0.25, 0.3) is 11.0 Å². The molecule has 0 aliphatic rings. The summed E-state index contributed by atoms with van der Waals surface area (Å²) in [5.41, 5.74) is 12.7. The van der Waals surface area contributed by atoms with Gasteiger partial charge < -0.3 is 10.3 Å².